The Bertz CT molecular complexity index is 823. The van der Waals surface area contributed by atoms with Crippen LogP contribution in [0.3, 0.4) is 0 Å². The van der Waals surface area contributed by atoms with Crippen LogP contribution < -0.4 is 0 Å². The van der Waals surface area contributed by atoms with Crippen LogP contribution >= 0.6 is 0 Å². The van der Waals surface area contributed by atoms with Crippen LogP contribution in [0.1, 0.15) is 22.8 Å². The van der Waals surface area contributed by atoms with Crippen molar-refractivity contribution in [3.05, 3.63) is 108 Å². The molecule has 25 heavy (non-hydrogen) atoms. The first-order chi connectivity index (χ1) is 12.2. The van der Waals surface area contributed by atoms with Crippen molar-refractivity contribution in [2.75, 3.05) is 7.05 Å². The van der Waals surface area contributed by atoms with Crippen LogP contribution in [-0.4, -0.2) is 17.9 Å². The first-order valence-electron chi connectivity index (χ1n) is 8.35. The van der Waals surface area contributed by atoms with Crippen LogP contribution in [0, 0.1) is 0 Å². The molecule has 0 radical (unpaired) electrons. The number of ether oxygens (including phenoxy) is 1. The fourth-order valence-electron chi connectivity index (χ4n) is 3.49. The number of hydrogen-bond acceptors (Lipinski definition) is 2. The SMILES string of the molecule is CN1C(=O)C(c2ccccc2)OC1(c1ccccc1)c1ccccc1. The number of nitrogens with zero attached hydrogens (tertiary/aromatic N) is 1. The Balaban J connectivity index is 1.89. The van der Waals surface area contributed by atoms with Crippen molar-refractivity contribution >= 4 is 5.91 Å². The molecule has 1 amide bonds. The van der Waals surface area contributed by atoms with E-state index in [-0.39, 0.29) is 5.91 Å². The Labute approximate surface area is 147 Å². The van der Waals surface area contributed by atoms with Gasteiger partial charge in [-0.15, -0.1) is 0 Å². The van der Waals surface area contributed by atoms with Crippen molar-refractivity contribution in [1.82, 2.24) is 4.90 Å². The van der Waals surface area contributed by atoms with Gasteiger partial charge in [-0.2, -0.15) is 0 Å². The van der Waals surface area contributed by atoms with Gasteiger partial charge in [0, 0.05) is 18.2 Å². The monoisotopic (exact) mass is 329 g/mol. The zero-order valence-corrected chi connectivity index (χ0v) is 14.0. The van der Waals surface area contributed by atoms with Crippen molar-refractivity contribution in [1.29, 1.82) is 0 Å². The van der Waals surface area contributed by atoms with Crippen LogP contribution in [0.2, 0.25) is 0 Å². The summed E-state index contributed by atoms with van der Waals surface area (Å²) in [5.41, 5.74) is 1.82. The van der Waals surface area contributed by atoms with Crippen LogP contribution in [0.25, 0.3) is 0 Å². The normalized spacial score (nSPS) is 19.2. The molecule has 0 saturated carbocycles. The van der Waals surface area contributed by atoms with E-state index in [1.807, 2.05) is 98.0 Å². The number of carbonyl (C=O) groups excluding carboxylic acids is 1. The Morgan fingerprint density at radius 1 is 0.760 bits per heavy atom. The highest BCUT2D eigenvalue weighted by atomic mass is 16.6. The van der Waals surface area contributed by atoms with Gasteiger partial charge in [0.15, 0.2) is 11.8 Å². The van der Waals surface area contributed by atoms with Crippen LogP contribution in [-0.2, 0) is 15.3 Å². The highest BCUT2D eigenvalue weighted by Gasteiger charge is 2.53. The molecule has 0 aromatic heterocycles. The van der Waals surface area contributed by atoms with Gasteiger partial charge in [0.05, 0.1) is 0 Å². The Morgan fingerprint density at radius 3 is 1.68 bits per heavy atom. The molecule has 1 heterocycles. The summed E-state index contributed by atoms with van der Waals surface area (Å²) in [7, 11) is 1.81. The summed E-state index contributed by atoms with van der Waals surface area (Å²) in [5, 5.41) is 0. The smallest absolute Gasteiger partial charge is 0.259 e. The standard InChI is InChI=1S/C22H19NO2/c1-23-21(24)20(17-11-5-2-6-12-17)25-22(23,18-13-7-3-8-14-18)19-15-9-4-10-16-19/h2-16,20H,1H3. The van der Waals surface area contributed by atoms with E-state index >= 15 is 0 Å². The Morgan fingerprint density at radius 2 is 1.20 bits per heavy atom. The van der Waals surface area contributed by atoms with Crippen LogP contribution in [0.15, 0.2) is 91.0 Å². The van der Waals surface area contributed by atoms with Gasteiger partial charge in [0.1, 0.15) is 0 Å². The second kappa shape index (κ2) is 6.19. The Hall–Kier alpha value is -2.91. The zero-order valence-electron chi connectivity index (χ0n) is 14.0. The lowest BCUT2D eigenvalue weighted by Gasteiger charge is -2.35. The fourth-order valence-corrected chi connectivity index (χ4v) is 3.49. The summed E-state index contributed by atoms with van der Waals surface area (Å²) in [6.45, 7) is 0. The summed E-state index contributed by atoms with van der Waals surface area (Å²) in [6.07, 6.45) is -0.619. The van der Waals surface area contributed by atoms with E-state index in [1.54, 1.807) is 4.90 Å². The van der Waals surface area contributed by atoms with E-state index < -0.39 is 11.8 Å². The van der Waals surface area contributed by atoms with Gasteiger partial charge in [0.2, 0.25) is 0 Å². The molecule has 0 bridgehead atoms. The summed E-state index contributed by atoms with van der Waals surface area (Å²) in [4.78, 5) is 14.8. The predicted molar refractivity (Wildman–Crippen MR) is 96.7 cm³/mol. The second-order valence-electron chi connectivity index (χ2n) is 6.18. The van der Waals surface area contributed by atoms with Crippen molar-refractivity contribution in [2.45, 2.75) is 11.8 Å². The molecule has 124 valence electrons. The molecule has 0 spiro atoms. The Kier molecular flexibility index (Phi) is 3.86. The minimum Gasteiger partial charge on any atom is -0.329 e. The van der Waals surface area contributed by atoms with Gasteiger partial charge in [-0.25, -0.2) is 0 Å². The van der Waals surface area contributed by atoms with Gasteiger partial charge in [0.25, 0.3) is 5.91 Å². The lowest BCUT2D eigenvalue weighted by Crippen LogP contribution is -2.42. The van der Waals surface area contributed by atoms with Gasteiger partial charge < -0.3 is 9.64 Å². The molecule has 0 N–H and O–H groups in total. The minimum absolute atomic E-state index is 0.0427. The van der Waals surface area contributed by atoms with Gasteiger partial charge >= 0.3 is 0 Å². The molecule has 1 atom stereocenters. The minimum atomic E-state index is -0.930. The molecule has 1 unspecified atom stereocenters. The fraction of sp³-hybridized carbons (Fsp3) is 0.136. The quantitative estimate of drug-likeness (QED) is 0.723. The lowest BCUT2D eigenvalue weighted by atomic mass is 9.93. The maximum absolute atomic E-state index is 13.1. The molecule has 0 aliphatic carbocycles. The molecular formula is C22H19NO2. The number of rotatable bonds is 3. The van der Waals surface area contributed by atoms with E-state index in [0.29, 0.717) is 0 Å². The highest BCUT2D eigenvalue weighted by molar-refractivity contribution is 5.85. The number of amides is 1. The third-order valence-electron chi connectivity index (χ3n) is 4.75. The van der Waals surface area contributed by atoms with E-state index in [4.69, 9.17) is 4.74 Å². The number of likely N-dealkylation sites (N-methyl/N-ethyl adjacent to an activating group) is 1. The van der Waals surface area contributed by atoms with Crippen molar-refractivity contribution in [3.63, 3.8) is 0 Å². The first-order valence-corrected chi connectivity index (χ1v) is 8.35. The predicted octanol–water partition coefficient (Wildman–Crippen LogP) is 4.12. The molecule has 3 aromatic rings. The molecule has 1 saturated heterocycles. The average Bonchev–Trinajstić information content (AvgIpc) is 2.96. The maximum atomic E-state index is 13.1. The van der Waals surface area contributed by atoms with Crippen molar-refractivity contribution in [3.8, 4) is 0 Å². The summed E-state index contributed by atoms with van der Waals surface area (Å²) < 4.78 is 6.51. The number of hydrogen-bond donors (Lipinski definition) is 0. The van der Waals surface area contributed by atoms with Crippen molar-refractivity contribution < 1.29 is 9.53 Å². The number of carbonyl (C=O) groups is 1. The molecule has 1 aliphatic rings. The summed E-state index contributed by atoms with van der Waals surface area (Å²) >= 11 is 0. The molecule has 3 aromatic carbocycles. The maximum Gasteiger partial charge on any atom is 0.259 e. The average molecular weight is 329 g/mol. The van der Waals surface area contributed by atoms with Crippen molar-refractivity contribution in [2.24, 2.45) is 0 Å². The number of benzene rings is 3. The summed E-state index contributed by atoms with van der Waals surface area (Å²) in [6, 6.07) is 29.5. The van der Waals surface area contributed by atoms with Gasteiger partial charge in [-0.1, -0.05) is 91.0 Å². The van der Waals surface area contributed by atoms with E-state index in [9.17, 15) is 4.79 Å². The van der Waals surface area contributed by atoms with E-state index in [1.165, 1.54) is 0 Å². The highest BCUT2D eigenvalue weighted by Crippen LogP contribution is 2.46. The lowest BCUT2D eigenvalue weighted by molar-refractivity contribution is -0.130. The molecule has 1 fully saturated rings. The summed E-state index contributed by atoms with van der Waals surface area (Å²) in [5.74, 6) is -0.0427. The third-order valence-corrected chi connectivity index (χ3v) is 4.75. The van der Waals surface area contributed by atoms with Gasteiger partial charge in [-0.05, 0) is 5.56 Å². The van der Waals surface area contributed by atoms with E-state index in [0.717, 1.165) is 16.7 Å². The molecule has 3 nitrogen and oxygen atoms in total. The molecule has 4 rings (SSSR count). The largest absolute Gasteiger partial charge is 0.329 e. The van der Waals surface area contributed by atoms with Gasteiger partial charge in [-0.3, -0.25) is 4.79 Å². The second-order valence-corrected chi connectivity index (χ2v) is 6.18. The molecular weight excluding hydrogens is 310 g/mol. The van der Waals surface area contributed by atoms with Crippen LogP contribution in [0.5, 0.6) is 0 Å². The van der Waals surface area contributed by atoms with Crippen LogP contribution in [0.4, 0.5) is 0 Å². The molecule has 3 heteroatoms. The zero-order chi connectivity index (χ0) is 17.3. The third kappa shape index (κ3) is 2.44. The topological polar surface area (TPSA) is 29.5 Å². The first kappa shape index (κ1) is 15.6. The molecule has 1 aliphatic heterocycles. The van der Waals surface area contributed by atoms with E-state index in [2.05, 4.69) is 0 Å².